The zero-order valence-electron chi connectivity index (χ0n) is 12.3. The fourth-order valence-corrected chi connectivity index (χ4v) is 3.36. The van der Waals surface area contributed by atoms with E-state index in [0.717, 1.165) is 32.0 Å². The molecule has 2 heterocycles. The molecule has 6 heteroatoms. The number of rotatable bonds is 4. The number of nitrogens with zero attached hydrogens (tertiary/aromatic N) is 4. The lowest BCUT2D eigenvalue weighted by atomic mass is 9.93. The molecule has 1 aliphatic heterocycles. The van der Waals surface area contributed by atoms with Crippen molar-refractivity contribution in [1.29, 1.82) is 0 Å². The summed E-state index contributed by atoms with van der Waals surface area (Å²) in [6.07, 6.45) is 12.2. The van der Waals surface area contributed by atoms with Gasteiger partial charge in [0.15, 0.2) is 0 Å². The largest absolute Gasteiger partial charge is 0.363 e. The molecule has 2 N–H and O–H groups in total. The molecule has 1 amide bonds. The summed E-state index contributed by atoms with van der Waals surface area (Å²) < 4.78 is 1.81. The zero-order chi connectivity index (χ0) is 14.7. The number of amides is 1. The highest BCUT2D eigenvalue weighted by molar-refractivity contribution is 5.88. The van der Waals surface area contributed by atoms with Crippen LogP contribution in [-0.2, 0) is 0 Å². The van der Waals surface area contributed by atoms with Gasteiger partial charge in [-0.15, -0.1) is 5.10 Å². The van der Waals surface area contributed by atoms with Gasteiger partial charge in [-0.25, -0.2) is 9.67 Å². The van der Waals surface area contributed by atoms with Gasteiger partial charge in [-0.1, -0.05) is 12.2 Å². The van der Waals surface area contributed by atoms with Crippen LogP contribution in [0.5, 0.6) is 0 Å². The molecule has 0 bridgehead atoms. The van der Waals surface area contributed by atoms with Crippen LogP contribution in [0.15, 0.2) is 18.5 Å². The molecule has 1 aromatic heterocycles. The van der Waals surface area contributed by atoms with Crippen molar-refractivity contribution < 1.29 is 4.79 Å². The third-order valence-electron chi connectivity index (χ3n) is 4.48. The maximum atomic E-state index is 11.1. The highest BCUT2D eigenvalue weighted by Crippen LogP contribution is 2.24. The first-order valence-corrected chi connectivity index (χ1v) is 7.80. The van der Waals surface area contributed by atoms with Crippen LogP contribution >= 0.6 is 0 Å². The Balaban J connectivity index is 1.59. The Labute approximate surface area is 125 Å². The quantitative estimate of drug-likeness (QED) is 0.849. The van der Waals surface area contributed by atoms with Gasteiger partial charge in [-0.2, -0.15) is 0 Å². The second-order valence-electron chi connectivity index (χ2n) is 6.12. The molecule has 0 aromatic carbocycles. The number of likely N-dealkylation sites (tertiary alicyclic amines) is 1. The molecule has 0 saturated carbocycles. The highest BCUT2D eigenvalue weighted by Gasteiger charge is 2.24. The van der Waals surface area contributed by atoms with E-state index in [1.807, 2.05) is 4.68 Å². The second kappa shape index (κ2) is 6.39. The Morgan fingerprint density at radius 3 is 3.00 bits per heavy atom. The molecule has 114 valence electrons. The van der Waals surface area contributed by atoms with Gasteiger partial charge >= 0.3 is 0 Å². The maximum absolute atomic E-state index is 11.1. The summed E-state index contributed by atoms with van der Waals surface area (Å²) in [6.45, 7) is 3.31. The smallest absolute Gasteiger partial charge is 0.288 e. The molecule has 3 rings (SSSR count). The summed E-state index contributed by atoms with van der Waals surface area (Å²) in [5, 5.41) is 4.21. The van der Waals surface area contributed by atoms with Crippen molar-refractivity contribution >= 4 is 5.91 Å². The molecule has 0 unspecified atom stereocenters. The Morgan fingerprint density at radius 2 is 2.29 bits per heavy atom. The van der Waals surface area contributed by atoms with E-state index in [9.17, 15) is 4.79 Å². The van der Waals surface area contributed by atoms with Gasteiger partial charge in [-0.05, 0) is 44.6 Å². The van der Waals surface area contributed by atoms with E-state index in [0.29, 0.717) is 6.04 Å². The molecule has 2 aliphatic rings. The monoisotopic (exact) mass is 289 g/mol. The van der Waals surface area contributed by atoms with Crippen LogP contribution in [0.4, 0.5) is 0 Å². The van der Waals surface area contributed by atoms with Crippen LogP contribution in [-0.4, -0.2) is 45.2 Å². The minimum atomic E-state index is -0.560. The lowest BCUT2D eigenvalue weighted by Crippen LogP contribution is -2.39. The lowest BCUT2D eigenvalue weighted by Gasteiger charge is -2.35. The van der Waals surface area contributed by atoms with E-state index in [4.69, 9.17) is 5.73 Å². The van der Waals surface area contributed by atoms with E-state index in [1.54, 1.807) is 6.33 Å². The third kappa shape index (κ3) is 3.50. The lowest BCUT2D eigenvalue weighted by molar-refractivity contribution is 0.0988. The number of primary amides is 1. The van der Waals surface area contributed by atoms with Gasteiger partial charge < -0.3 is 10.6 Å². The summed E-state index contributed by atoms with van der Waals surface area (Å²) in [4.78, 5) is 17.6. The average molecular weight is 289 g/mol. The molecule has 0 radical (unpaired) electrons. The molecule has 2 atom stereocenters. The number of carbonyl (C=O) groups excluding carboxylic acids is 1. The van der Waals surface area contributed by atoms with Crippen LogP contribution < -0.4 is 5.73 Å². The van der Waals surface area contributed by atoms with Gasteiger partial charge in [0.05, 0.1) is 6.04 Å². The fraction of sp³-hybridized carbons (Fsp3) is 0.667. The normalized spacial score (nSPS) is 26.9. The number of allylic oxidation sites excluding steroid dienone is 2. The first-order chi connectivity index (χ1) is 10.2. The summed E-state index contributed by atoms with van der Waals surface area (Å²) >= 11 is 0. The Bertz CT molecular complexity index is 524. The number of hydrogen-bond donors (Lipinski definition) is 1. The number of hydrogen-bond acceptors (Lipinski definition) is 4. The molecule has 1 aromatic rings. The summed E-state index contributed by atoms with van der Waals surface area (Å²) in [5.41, 5.74) is 5.21. The average Bonchev–Trinajstić information content (AvgIpc) is 2.99. The van der Waals surface area contributed by atoms with Gasteiger partial charge in [0.1, 0.15) is 6.33 Å². The van der Waals surface area contributed by atoms with Gasteiger partial charge in [0.2, 0.25) is 5.82 Å². The molecule has 1 fully saturated rings. The Hall–Kier alpha value is -1.69. The highest BCUT2D eigenvalue weighted by atomic mass is 16.1. The maximum Gasteiger partial charge on any atom is 0.288 e. The third-order valence-corrected chi connectivity index (χ3v) is 4.48. The van der Waals surface area contributed by atoms with Crippen LogP contribution in [0.3, 0.4) is 0 Å². The molecule has 1 aliphatic carbocycles. The fourth-order valence-electron chi connectivity index (χ4n) is 3.36. The molecule has 6 nitrogen and oxygen atoms in total. The van der Waals surface area contributed by atoms with E-state index < -0.39 is 5.91 Å². The Kier molecular flexibility index (Phi) is 4.34. The zero-order valence-corrected chi connectivity index (χ0v) is 12.3. The molecular formula is C15H23N5O. The van der Waals surface area contributed by atoms with E-state index >= 15 is 0 Å². The summed E-state index contributed by atoms with van der Waals surface area (Å²) in [5.74, 6) is 0.339. The minimum Gasteiger partial charge on any atom is -0.363 e. The van der Waals surface area contributed by atoms with E-state index in [2.05, 4.69) is 27.1 Å². The number of piperidine rings is 1. The van der Waals surface area contributed by atoms with Crippen molar-refractivity contribution in [2.45, 2.75) is 38.1 Å². The molecule has 21 heavy (non-hydrogen) atoms. The van der Waals surface area contributed by atoms with Crippen molar-refractivity contribution in [1.82, 2.24) is 19.7 Å². The van der Waals surface area contributed by atoms with Crippen molar-refractivity contribution in [3.63, 3.8) is 0 Å². The second-order valence-corrected chi connectivity index (χ2v) is 6.12. The van der Waals surface area contributed by atoms with Crippen molar-refractivity contribution in [3.05, 3.63) is 24.3 Å². The van der Waals surface area contributed by atoms with E-state index in [1.165, 1.54) is 25.7 Å². The van der Waals surface area contributed by atoms with Gasteiger partial charge in [0.25, 0.3) is 5.91 Å². The first kappa shape index (κ1) is 14.3. The molecular weight excluding hydrogens is 266 g/mol. The van der Waals surface area contributed by atoms with Gasteiger partial charge in [0, 0.05) is 13.1 Å². The van der Waals surface area contributed by atoms with Crippen molar-refractivity contribution in [3.8, 4) is 0 Å². The first-order valence-electron chi connectivity index (χ1n) is 7.80. The van der Waals surface area contributed by atoms with Crippen LogP contribution in [0.1, 0.15) is 48.8 Å². The topological polar surface area (TPSA) is 77.0 Å². The predicted molar refractivity (Wildman–Crippen MR) is 79.7 cm³/mol. The minimum absolute atomic E-state index is 0.115. The summed E-state index contributed by atoms with van der Waals surface area (Å²) in [6, 6.07) is 0.304. The standard InChI is InChI=1S/C15H23N5O/c16-14(21)15-17-11-20(18-15)13-7-4-8-19(10-13)9-12-5-2-1-3-6-12/h1-2,11-13H,3-10H2,(H2,16,21)/t12-,13+/m0/s1. The number of aromatic nitrogens is 3. The SMILES string of the molecule is NC(=O)c1ncn([C@@H]2CCCN(C[C@H]3CC=CCC3)C2)n1. The predicted octanol–water partition coefficient (Wildman–Crippen LogP) is 1.37. The molecule has 0 spiro atoms. The summed E-state index contributed by atoms with van der Waals surface area (Å²) in [7, 11) is 0. The molecule has 1 saturated heterocycles. The van der Waals surface area contributed by atoms with Gasteiger partial charge in [-0.3, -0.25) is 4.79 Å². The van der Waals surface area contributed by atoms with Crippen LogP contribution in [0.2, 0.25) is 0 Å². The number of carbonyl (C=O) groups is 1. The van der Waals surface area contributed by atoms with E-state index in [-0.39, 0.29) is 5.82 Å². The van der Waals surface area contributed by atoms with Crippen LogP contribution in [0.25, 0.3) is 0 Å². The Morgan fingerprint density at radius 1 is 1.38 bits per heavy atom. The van der Waals surface area contributed by atoms with Crippen molar-refractivity contribution in [2.24, 2.45) is 11.7 Å². The van der Waals surface area contributed by atoms with Crippen LogP contribution in [0, 0.1) is 5.92 Å². The van der Waals surface area contributed by atoms with Crippen molar-refractivity contribution in [2.75, 3.05) is 19.6 Å². The number of nitrogens with two attached hydrogens (primary N) is 1.